The molecule has 17 heavy (non-hydrogen) atoms. The van der Waals surface area contributed by atoms with Crippen molar-refractivity contribution in [3.8, 4) is 0 Å². The molecule has 1 aromatic carbocycles. The normalized spacial score (nSPS) is 11.4. The Morgan fingerprint density at radius 2 is 1.88 bits per heavy atom. The molecule has 0 fully saturated rings. The maximum atomic E-state index is 4.16. The fraction of sp³-hybridized carbons (Fsp3) is 0.294. The fourth-order valence-corrected chi connectivity index (χ4v) is 1.87. The zero-order valence-electron chi connectivity index (χ0n) is 11.2. The van der Waals surface area contributed by atoms with Gasteiger partial charge in [0.15, 0.2) is 0 Å². The molecule has 0 aliphatic carbocycles. The topological polar surface area (TPSA) is 0 Å². The molecule has 0 saturated carbocycles. The first-order chi connectivity index (χ1) is 8.04. The summed E-state index contributed by atoms with van der Waals surface area (Å²) in [6.45, 7) is 14.5. The summed E-state index contributed by atoms with van der Waals surface area (Å²) in [4.78, 5) is 0. The van der Waals surface area contributed by atoms with Crippen molar-refractivity contribution in [3.63, 3.8) is 0 Å². The van der Waals surface area contributed by atoms with E-state index in [-0.39, 0.29) is 0 Å². The van der Waals surface area contributed by atoms with Crippen LogP contribution in [0.5, 0.6) is 0 Å². The van der Waals surface area contributed by atoms with E-state index in [9.17, 15) is 0 Å². The number of hydrogen-bond acceptors (Lipinski definition) is 0. The Labute approximate surface area is 105 Å². The third-order valence-corrected chi connectivity index (χ3v) is 2.87. The molecule has 0 heteroatoms. The van der Waals surface area contributed by atoms with Crippen molar-refractivity contribution in [1.29, 1.82) is 0 Å². The van der Waals surface area contributed by atoms with Gasteiger partial charge >= 0.3 is 0 Å². The summed E-state index contributed by atoms with van der Waals surface area (Å²) in [6, 6.07) is 8.44. The van der Waals surface area contributed by atoms with Crippen molar-refractivity contribution < 1.29 is 0 Å². The molecule has 0 nitrogen and oxygen atoms in total. The maximum Gasteiger partial charge on any atom is -0.00757 e. The van der Waals surface area contributed by atoms with E-state index in [0.717, 1.165) is 12.8 Å². The van der Waals surface area contributed by atoms with E-state index in [2.05, 4.69) is 57.3 Å². The lowest BCUT2D eigenvalue weighted by Gasteiger charge is -2.10. The second kappa shape index (κ2) is 6.24. The number of allylic oxidation sites excluding steroid dienone is 3. The first-order valence-electron chi connectivity index (χ1n) is 6.13. The van der Waals surface area contributed by atoms with Crippen molar-refractivity contribution in [2.45, 2.75) is 33.6 Å². The van der Waals surface area contributed by atoms with Gasteiger partial charge in [-0.05, 0) is 49.0 Å². The van der Waals surface area contributed by atoms with Crippen LogP contribution in [0.4, 0.5) is 0 Å². The van der Waals surface area contributed by atoms with Crippen LogP contribution >= 0.6 is 0 Å². The highest BCUT2D eigenvalue weighted by atomic mass is 14.1. The smallest absolute Gasteiger partial charge is 0.00757 e. The number of benzene rings is 1. The Hall–Kier alpha value is -1.56. The molecule has 0 heterocycles. The summed E-state index contributed by atoms with van der Waals surface area (Å²) < 4.78 is 0. The molecule has 0 unspecified atom stereocenters. The zero-order chi connectivity index (χ0) is 12.8. The lowest BCUT2D eigenvalue weighted by atomic mass is 9.96. The summed E-state index contributed by atoms with van der Waals surface area (Å²) in [5.41, 5.74) is 6.26. The Bertz CT molecular complexity index is 447. The predicted molar refractivity (Wildman–Crippen MR) is 78.0 cm³/mol. The van der Waals surface area contributed by atoms with Crippen LogP contribution in [0.2, 0.25) is 0 Å². The highest BCUT2D eigenvalue weighted by Crippen LogP contribution is 2.23. The summed E-state index contributed by atoms with van der Waals surface area (Å²) in [5, 5.41) is 0. The van der Waals surface area contributed by atoms with Crippen LogP contribution < -0.4 is 0 Å². The first-order valence-corrected chi connectivity index (χ1v) is 6.13. The van der Waals surface area contributed by atoms with Crippen LogP contribution in [0.25, 0.3) is 6.08 Å². The largest absolute Gasteiger partial charge is 0.0998 e. The van der Waals surface area contributed by atoms with Gasteiger partial charge in [0.2, 0.25) is 0 Å². The molecule has 0 aromatic heterocycles. The Kier molecular flexibility index (Phi) is 4.96. The van der Waals surface area contributed by atoms with Gasteiger partial charge in [-0.25, -0.2) is 0 Å². The third-order valence-electron chi connectivity index (χ3n) is 2.87. The molecular formula is C17H22. The summed E-state index contributed by atoms with van der Waals surface area (Å²) in [6.07, 6.45) is 4.16. The van der Waals surface area contributed by atoms with E-state index in [0.29, 0.717) is 0 Å². The van der Waals surface area contributed by atoms with Crippen molar-refractivity contribution in [2.24, 2.45) is 0 Å². The average Bonchev–Trinajstić information content (AvgIpc) is 2.27. The highest BCUT2D eigenvalue weighted by Gasteiger charge is 2.02. The minimum absolute atomic E-state index is 0.894. The van der Waals surface area contributed by atoms with Crippen LogP contribution in [-0.4, -0.2) is 0 Å². The first kappa shape index (κ1) is 13.5. The second-order valence-electron chi connectivity index (χ2n) is 4.62. The van der Waals surface area contributed by atoms with Gasteiger partial charge in [0, 0.05) is 0 Å². The van der Waals surface area contributed by atoms with E-state index in [1.54, 1.807) is 0 Å². The van der Waals surface area contributed by atoms with Gasteiger partial charge in [0.05, 0.1) is 0 Å². The quantitative estimate of drug-likeness (QED) is 0.471. The summed E-state index contributed by atoms with van der Waals surface area (Å²) in [7, 11) is 0. The zero-order valence-corrected chi connectivity index (χ0v) is 11.2. The molecule has 0 spiro atoms. The third kappa shape index (κ3) is 4.07. The lowest BCUT2D eigenvalue weighted by molar-refractivity contribution is 1.05. The van der Waals surface area contributed by atoms with Gasteiger partial charge in [-0.15, -0.1) is 0 Å². The number of hydrogen-bond donors (Lipinski definition) is 0. The monoisotopic (exact) mass is 226 g/mol. The molecule has 0 atom stereocenters. The number of aryl methyl sites for hydroxylation is 1. The molecule has 0 saturated heterocycles. The van der Waals surface area contributed by atoms with E-state index in [1.165, 1.54) is 27.8 Å². The lowest BCUT2D eigenvalue weighted by Crippen LogP contribution is -1.90. The van der Waals surface area contributed by atoms with Gasteiger partial charge in [0.1, 0.15) is 0 Å². The summed E-state index contributed by atoms with van der Waals surface area (Å²) in [5.74, 6) is 0. The molecule has 0 N–H and O–H groups in total. The van der Waals surface area contributed by atoms with Crippen molar-refractivity contribution in [2.75, 3.05) is 0 Å². The van der Waals surface area contributed by atoms with E-state index in [4.69, 9.17) is 0 Å². The molecule has 1 aromatic rings. The predicted octanol–water partition coefficient (Wildman–Crippen LogP) is 5.31. The van der Waals surface area contributed by atoms with Gasteiger partial charge in [-0.1, -0.05) is 56.0 Å². The molecule has 90 valence electrons. The molecule has 0 aliphatic heterocycles. The highest BCUT2D eigenvalue weighted by molar-refractivity contribution is 5.60. The standard InChI is InChI=1S/C17H22/c1-6-16(15(5)11-13(2)3)12-17-10-8-7-9-14(17)4/h7-10,12H,2,5-6,11H2,1,3-4H3/b16-12+. The SMILES string of the molecule is C=C(C)CC(=C)/C(=C/c1ccccc1C)CC. The second-order valence-corrected chi connectivity index (χ2v) is 4.62. The van der Waals surface area contributed by atoms with E-state index in [1.807, 2.05) is 6.92 Å². The van der Waals surface area contributed by atoms with E-state index >= 15 is 0 Å². The number of rotatable bonds is 5. The molecular weight excluding hydrogens is 204 g/mol. The van der Waals surface area contributed by atoms with Gasteiger partial charge < -0.3 is 0 Å². The van der Waals surface area contributed by atoms with Gasteiger partial charge in [0.25, 0.3) is 0 Å². The van der Waals surface area contributed by atoms with E-state index < -0.39 is 0 Å². The average molecular weight is 226 g/mol. The summed E-state index contributed by atoms with van der Waals surface area (Å²) >= 11 is 0. The Morgan fingerprint density at radius 3 is 2.41 bits per heavy atom. The minimum atomic E-state index is 0.894. The van der Waals surface area contributed by atoms with Crippen molar-refractivity contribution >= 4 is 6.08 Å². The Morgan fingerprint density at radius 1 is 1.24 bits per heavy atom. The molecule has 0 amide bonds. The van der Waals surface area contributed by atoms with Crippen LogP contribution in [0.15, 0.2) is 54.1 Å². The van der Waals surface area contributed by atoms with Crippen molar-refractivity contribution in [3.05, 3.63) is 65.3 Å². The Balaban J connectivity index is 2.98. The van der Waals surface area contributed by atoms with Gasteiger partial charge in [-0.3, -0.25) is 0 Å². The van der Waals surface area contributed by atoms with Gasteiger partial charge in [-0.2, -0.15) is 0 Å². The van der Waals surface area contributed by atoms with Crippen LogP contribution in [-0.2, 0) is 0 Å². The molecule has 0 bridgehead atoms. The fourth-order valence-electron chi connectivity index (χ4n) is 1.87. The molecule has 1 rings (SSSR count). The van der Waals surface area contributed by atoms with Crippen molar-refractivity contribution in [1.82, 2.24) is 0 Å². The molecule has 0 radical (unpaired) electrons. The van der Waals surface area contributed by atoms with Crippen LogP contribution in [0.3, 0.4) is 0 Å². The maximum absolute atomic E-state index is 4.16. The molecule has 0 aliphatic rings. The minimum Gasteiger partial charge on any atom is -0.0998 e. The van der Waals surface area contributed by atoms with Crippen LogP contribution in [0.1, 0.15) is 37.8 Å². The van der Waals surface area contributed by atoms with Crippen LogP contribution in [0, 0.1) is 6.92 Å².